The third-order valence-electron chi connectivity index (χ3n) is 8.65. The van der Waals surface area contributed by atoms with Crippen LogP contribution < -0.4 is 4.90 Å². The van der Waals surface area contributed by atoms with Crippen molar-refractivity contribution >= 4 is 23.4 Å². The fourth-order valence-electron chi connectivity index (χ4n) is 6.30. The zero-order valence-corrected chi connectivity index (χ0v) is 24.8. The molecule has 8 nitrogen and oxygen atoms in total. The monoisotopic (exact) mass is 575 g/mol. The standard InChI is InChI=1S/C35H37N5O3/c1-25-29(23-37(2)36-25)24-40-34(42)30-14-9-15-31(32(30)35(40)43)38-20-17-28(18-21-38)33(41)39(22-27-12-7-4-8-13-27)19-16-26-10-5-3-6-11-26/h3-15,23,28H,16-22,24H2,1-2H3. The lowest BCUT2D eigenvalue weighted by Crippen LogP contribution is -2.43. The molecule has 4 aromatic rings. The predicted molar refractivity (Wildman–Crippen MR) is 166 cm³/mol. The van der Waals surface area contributed by atoms with E-state index in [0.29, 0.717) is 50.1 Å². The van der Waals surface area contributed by atoms with E-state index in [-0.39, 0.29) is 30.2 Å². The van der Waals surface area contributed by atoms with Crippen LogP contribution in [0.1, 0.15) is 55.9 Å². The number of aromatic nitrogens is 2. The lowest BCUT2D eigenvalue weighted by atomic mass is 9.93. The summed E-state index contributed by atoms with van der Waals surface area (Å²) < 4.78 is 1.70. The number of piperidine rings is 1. The van der Waals surface area contributed by atoms with E-state index in [4.69, 9.17) is 0 Å². The Hall–Kier alpha value is -4.72. The molecule has 6 rings (SSSR count). The summed E-state index contributed by atoms with van der Waals surface area (Å²) >= 11 is 0. The van der Waals surface area contributed by atoms with Gasteiger partial charge in [-0.05, 0) is 49.4 Å². The Morgan fingerprint density at radius 3 is 2.21 bits per heavy atom. The largest absolute Gasteiger partial charge is 0.371 e. The molecule has 3 heterocycles. The SMILES string of the molecule is Cc1nn(C)cc1CN1C(=O)c2cccc(N3CCC(C(=O)N(CCc4ccccc4)Cc4ccccc4)CC3)c2C1=O. The van der Waals surface area contributed by atoms with Crippen molar-refractivity contribution in [2.75, 3.05) is 24.5 Å². The first kappa shape index (κ1) is 28.4. The van der Waals surface area contributed by atoms with Gasteiger partial charge >= 0.3 is 0 Å². The van der Waals surface area contributed by atoms with E-state index in [1.165, 1.54) is 10.5 Å². The van der Waals surface area contributed by atoms with E-state index in [1.807, 2.05) is 73.6 Å². The normalized spacial score (nSPS) is 15.2. The summed E-state index contributed by atoms with van der Waals surface area (Å²) in [5, 5.41) is 4.36. The Balaban J connectivity index is 1.15. The van der Waals surface area contributed by atoms with Gasteiger partial charge in [-0.3, -0.25) is 24.0 Å². The highest BCUT2D eigenvalue weighted by atomic mass is 16.2. The molecule has 1 saturated heterocycles. The van der Waals surface area contributed by atoms with Gasteiger partial charge in [-0.15, -0.1) is 0 Å². The van der Waals surface area contributed by atoms with E-state index in [0.717, 1.165) is 28.9 Å². The zero-order chi connectivity index (χ0) is 29.9. The lowest BCUT2D eigenvalue weighted by molar-refractivity contribution is -0.136. The Morgan fingerprint density at radius 1 is 0.884 bits per heavy atom. The van der Waals surface area contributed by atoms with Crippen molar-refractivity contribution in [3.05, 3.63) is 119 Å². The number of anilines is 1. The zero-order valence-electron chi connectivity index (χ0n) is 24.8. The second-order valence-electron chi connectivity index (χ2n) is 11.6. The van der Waals surface area contributed by atoms with E-state index in [9.17, 15) is 14.4 Å². The second-order valence-corrected chi connectivity index (χ2v) is 11.6. The smallest absolute Gasteiger partial charge is 0.263 e. The number of hydrogen-bond donors (Lipinski definition) is 0. The van der Waals surface area contributed by atoms with Crippen LogP contribution in [-0.4, -0.2) is 56.9 Å². The van der Waals surface area contributed by atoms with Gasteiger partial charge in [-0.25, -0.2) is 0 Å². The molecule has 3 amide bonds. The van der Waals surface area contributed by atoms with Crippen LogP contribution in [0.25, 0.3) is 0 Å². The predicted octanol–water partition coefficient (Wildman–Crippen LogP) is 5.01. The maximum absolute atomic E-state index is 13.9. The van der Waals surface area contributed by atoms with Crippen LogP contribution in [0.3, 0.4) is 0 Å². The first-order valence-corrected chi connectivity index (χ1v) is 15.0. The molecular formula is C35H37N5O3. The van der Waals surface area contributed by atoms with E-state index < -0.39 is 0 Å². The third kappa shape index (κ3) is 5.95. The summed E-state index contributed by atoms with van der Waals surface area (Å²) in [5.41, 5.74) is 5.67. The van der Waals surface area contributed by atoms with Crippen molar-refractivity contribution in [3.8, 4) is 0 Å². The number of imide groups is 1. The van der Waals surface area contributed by atoms with Gasteiger partial charge in [0.05, 0.1) is 29.1 Å². The fraction of sp³-hybridized carbons (Fsp3) is 0.314. The van der Waals surface area contributed by atoms with Crippen molar-refractivity contribution in [3.63, 3.8) is 0 Å². The molecule has 2 aliphatic rings. The molecule has 43 heavy (non-hydrogen) atoms. The number of fused-ring (bicyclic) bond motifs is 1. The Kier molecular flexibility index (Phi) is 8.09. The molecule has 8 heteroatoms. The molecule has 1 fully saturated rings. The maximum Gasteiger partial charge on any atom is 0.263 e. The minimum atomic E-state index is -0.273. The summed E-state index contributed by atoms with van der Waals surface area (Å²) in [6.07, 6.45) is 4.04. The number of carbonyl (C=O) groups is 3. The molecular weight excluding hydrogens is 538 g/mol. The number of nitrogens with zero attached hydrogens (tertiary/aromatic N) is 5. The highest BCUT2D eigenvalue weighted by molar-refractivity contribution is 6.23. The van der Waals surface area contributed by atoms with Crippen LogP contribution in [0.15, 0.2) is 85.1 Å². The van der Waals surface area contributed by atoms with Crippen molar-refractivity contribution in [2.45, 2.75) is 39.3 Å². The quantitative estimate of drug-likeness (QED) is 0.262. The molecule has 0 saturated carbocycles. The summed E-state index contributed by atoms with van der Waals surface area (Å²) in [5.74, 6) is -0.450. The molecule has 1 aromatic heterocycles. The maximum atomic E-state index is 13.9. The van der Waals surface area contributed by atoms with Crippen LogP contribution in [0, 0.1) is 12.8 Å². The lowest BCUT2D eigenvalue weighted by Gasteiger charge is -2.36. The van der Waals surface area contributed by atoms with Gasteiger partial charge in [0.1, 0.15) is 0 Å². The highest BCUT2D eigenvalue weighted by Crippen LogP contribution is 2.35. The molecule has 0 N–H and O–H groups in total. The van der Waals surface area contributed by atoms with Crippen LogP contribution in [0.2, 0.25) is 0 Å². The van der Waals surface area contributed by atoms with Gasteiger partial charge in [0, 0.05) is 50.9 Å². The van der Waals surface area contributed by atoms with E-state index in [2.05, 4.69) is 34.3 Å². The number of aryl methyl sites for hydroxylation is 2. The number of rotatable bonds is 9. The topological polar surface area (TPSA) is 78.8 Å². The molecule has 220 valence electrons. The van der Waals surface area contributed by atoms with Gasteiger partial charge < -0.3 is 9.80 Å². The van der Waals surface area contributed by atoms with Crippen LogP contribution in [0.5, 0.6) is 0 Å². The van der Waals surface area contributed by atoms with Gasteiger partial charge in [0.25, 0.3) is 11.8 Å². The van der Waals surface area contributed by atoms with Gasteiger partial charge in [0.2, 0.25) is 5.91 Å². The van der Waals surface area contributed by atoms with E-state index in [1.54, 1.807) is 10.7 Å². The first-order chi connectivity index (χ1) is 20.9. The number of hydrogen-bond acceptors (Lipinski definition) is 5. The van der Waals surface area contributed by atoms with Crippen molar-refractivity contribution < 1.29 is 14.4 Å². The average Bonchev–Trinajstić information content (AvgIpc) is 3.49. The molecule has 0 radical (unpaired) electrons. The molecule has 0 spiro atoms. The van der Waals surface area contributed by atoms with Gasteiger partial charge in [0.15, 0.2) is 0 Å². The number of amides is 3. The molecule has 0 bridgehead atoms. The Bertz CT molecular complexity index is 1620. The van der Waals surface area contributed by atoms with Crippen LogP contribution >= 0.6 is 0 Å². The van der Waals surface area contributed by atoms with Crippen LogP contribution in [-0.2, 0) is 31.4 Å². The minimum absolute atomic E-state index is 0.0881. The summed E-state index contributed by atoms with van der Waals surface area (Å²) in [4.78, 5) is 46.3. The van der Waals surface area contributed by atoms with Crippen molar-refractivity contribution in [1.29, 1.82) is 0 Å². The van der Waals surface area contributed by atoms with E-state index >= 15 is 0 Å². The summed E-state index contributed by atoms with van der Waals surface area (Å²) in [6, 6.07) is 25.9. The minimum Gasteiger partial charge on any atom is -0.371 e. The van der Waals surface area contributed by atoms with Crippen LogP contribution in [0.4, 0.5) is 5.69 Å². The third-order valence-corrected chi connectivity index (χ3v) is 8.65. The van der Waals surface area contributed by atoms with Gasteiger partial charge in [-0.1, -0.05) is 66.7 Å². The number of carbonyl (C=O) groups excluding carboxylic acids is 3. The Labute approximate surface area is 252 Å². The second kappa shape index (κ2) is 12.3. The summed E-state index contributed by atoms with van der Waals surface area (Å²) in [6.45, 7) is 4.62. The average molecular weight is 576 g/mol. The molecule has 0 unspecified atom stereocenters. The Morgan fingerprint density at radius 2 is 1.56 bits per heavy atom. The fourth-order valence-corrected chi connectivity index (χ4v) is 6.30. The van der Waals surface area contributed by atoms with Crippen molar-refractivity contribution in [1.82, 2.24) is 19.6 Å². The molecule has 0 atom stereocenters. The molecule has 2 aliphatic heterocycles. The number of benzene rings is 3. The highest BCUT2D eigenvalue weighted by Gasteiger charge is 2.39. The van der Waals surface area contributed by atoms with Gasteiger partial charge in [-0.2, -0.15) is 5.10 Å². The molecule has 3 aromatic carbocycles. The summed E-state index contributed by atoms with van der Waals surface area (Å²) in [7, 11) is 1.83. The first-order valence-electron chi connectivity index (χ1n) is 15.0. The molecule has 0 aliphatic carbocycles. The van der Waals surface area contributed by atoms with Crippen molar-refractivity contribution in [2.24, 2.45) is 13.0 Å².